The van der Waals surface area contributed by atoms with E-state index in [2.05, 4.69) is 24.5 Å². The van der Waals surface area contributed by atoms with Gasteiger partial charge >= 0.3 is 6.03 Å². The molecule has 0 bridgehead atoms. The first kappa shape index (κ1) is 15.8. The summed E-state index contributed by atoms with van der Waals surface area (Å²) < 4.78 is 13.1. The Morgan fingerprint density at radius 1 is 1.48 bits per heavy atom. The summed E-state index contributed by atoms with van der Waals surface area (Å²) >= 11 is 0. The molecule has 4 nitrogen and oxygen atoms in total. The molecule has 2 amide bonds. The number of piperidine rings is 1. The van der Waals surface area contributed by atoms with Crippen molar-refractivity contribution in [2.24, 2.45) is 5.92 Å². The van der Waals surface area contributed by atoms with Gasteiger partial charge in [-0.3, -0.25) is 0 Å². The number of amides is 2. The number of nitrogens with zero attached hydrogens (tertiary/aromatic N) is 1. The molecule has 2 rings (SSSR count). The van der Waals surface area contributed by atoms with E-state index in [0.717, 1.165) is 32.5 Å². The Balaban J connectivity index is 1.87. The van der Waals surface area contributed by atoms with Gasteiger partial charge in [0.15, 0.2) is 0 Å². The number of halogens is 1. The highest BCUT2D eigenvalue weighted by atomic mass is 19.1. The third-order valence-electron chi connectivity index (χ3n) is 3.70. The average Bonchev–Trinajstić information content (AvgIpc) is 2.45. The zero-order chi connectivity index (χ0) is 15.2. The molecular weight excluding hydrogens is 269 g/mol. The van der Waals surface area contributed by atoms with Crippen LogP contribution >= 0.6 is 0 Å². The summed E-state index contributed by atoms with van der Waals surface area (Å²) in [5.41, 5.74) is 0.502. The van der Waals surface area contributed by atoms with E-state index in [9.17, 15) is 9.18 Å². The third-order valence-corrected chi connectivity index (χ3v) is 3.70. The summed E-state index contributed by atoms with van der Waals surface area (Å²) in [5, 5.41) is 6.19. The molecule has 0 radical (unpaired) electrons. The molecule has 21 heavy (non-hydrogen) atoms. The number of carbonyl (C=O) groups is 1. The van der Waals surface area contributed by atoms with E-state index in [1.165, 1.54) is 12.1 Å². The summed E-state index contributed by atoms with van der Waals surface area (Å²) in [6, 6.07) is 6.31. The van der Waals surface area contributed by atoms with Crippen LogP contribution in [0.2, 0.25) is 0 Å². The van der Waals surface area contributed by atoms with Crippen molar-refractivity contribution in [1.29, 1.82) is 0 Å². The van der Waals surface area contributed by atoms with Gasteiger partial charge < -0.3 is 15.5 Å². The molecule has 116 valence electrons. The lowest BCUT2D eigenvalue weighted by atomic mass is 9.98. The van der Waals surface area contributed by atoms with E-state index < -0.39 is 0 Å². The molecule has 0 aliphatic carbocycles. The summed E-state index contributed by atoms with van der Waals surface area (Å²) in [6.45, 7) is 6.69. The van der Waals surface area contributed by atoms with Gasteiger partial charge in [-0.1, -0.05) is 19.9 Å². The maximum Gasteiger partial charge on any atom is 0.321 e. The average molecular weight is 293 g/mol. The van der Waals surface area contributed by atoms with Crippen molar-refractivity contribution in [3.05, 3.63) is 30.1 Å². The fourth-order valence-electron chi connectivity index (χ4n) is 2.59. The van der Waals surface area contributed by atoms with Gasteiger partial charge in [-0.25, -0.2) is 9.18 Å². The summed E-state index contributed by atoms with van der Waals surface area (Å²) in [7, 11) is 0. The highest BCUT2D eigenvalue weighted by Crippen LogP contribution is 2.17. The number of benzene rings is 1. The largest absolute Gasteiger partial charge is 0.324 e. The molecule has 1 heterocycles. The molecule has 1 aromatic carbocycles. The number of hydrogen-bond donors (Lipinski definition) is 2. The topological polar surface area (TPSA) is 44.4 Å². The first-order chi connectivity index (χ1) is 10.0. The second-order valence-electron chi connectivity index (χ2n) is 5.96. The maximum absolute atomic E-state index is 13.1. The Bertz CT molecular complexity index is 478. The summed E-state index contributed by atoms with van der Waals surface area (Å²) in [4.78, 5) is 14.1. The lowest BCUT2D eigenvalue weighted by Gasteiger charge is -2.33. The van der Waals surface area contributed by atoms with Gasteiger partial charge in [0.2, 0.25) is 0 Å². The van der Waals surface area contributed by atoms with Crippen LogP contribution in [-0.4, -0.2) is 36.6 Å². The van der Waals surface area contributed by atoms with Gasteiger partial charge in [-0.05, 0) is 43.5 Å². The lowest BCUT2D eigenvalue weighted by molar-refractivity contribution is 0.175. The van der Waals surface area contributed by atoms with Crippen LogP contribution < -0.4 is 10.6 Å². The van der Waals surface area contributed by atoms with Crippen molar-refractivity contribution in [1.82, 2.24) is 10.2 Å². The smallest absolute Gasteiger partial charge is 0.321 e. The molecule has 1 fully saturated rings. The third kappa shape index (κ3) is 5.01. The van der Waals surface area contributed by atoms with Gasteiger partial charge in [0.05, 0.1) is 0 Å². The van der Waals surface area contributed by atoms with Crippen LogP contribution in [0.1, 0.15) is 26.7 Å². The number of nitrogens with one attached hydrogen (secondary N) is 2. The van der Waals surface area contributed by atoms with Gasteiger partial charge in [-0.2, -0.15) is 0 Å². The lowest BCUT2D eigenvalue weighted by Crippen LogP contribution is -2.45. The second kappa shape index (κ2) is 7.41. The maximum atomic E-state index is 13.1. The Labute approximate surface area is 125 Å². The monoisotopic (exact) mass is 293 g/mol. The molecule has 1 aromatic rings. The van der Waals surface area contributed by atoms with Crippen LogP contribution in [0.3, 0.4) is 0 Å². The fraction of sp³-hybridized carbons (Fsp3) is 0.562. The minimum atomic E-state index is -0.342. The Morgan fingerprint density at radius 3 is 3.00 bits per heavy atom. The molecular formula is C16H24FN3O. The van der Waals surface area contributed by atoms with Gasteiger partial charge in [0.1, 0.15) is 5.82 Å². The Kier molecular flexibility index (Phi) is 5.56. The summed E-state index contributed by atoms with van der Waals surface area (Å²) in [6.07, 6.45) is 2.16. The van der Waals surface area contributed by atoms with Crippen LogP contribution in [0.15, 0.2) is 24.3 Å². The standard InChI is InChI=1S/C16H24FN3O/c1-12(2)18-10-13-5-4-8-20(11-13)16(21)19-15-7-3-6-14(17)9-15/h3,6-7,9,12-13,18H,4-5,8,10-11H2,1-2H3,(H,19,21). The van der Waals surface area contributed by atoms with E-state index in [1.54, 1.807) is 12.1 Å². The number of carbonyl (C=O) groups excluding carboxylic acids is 1. The number of rotatable bonds is 4. The zero-order valence-corrected chi connectivity index (χ0v) is 12.7. The van der Waals surface area contributed by atoms with Gasteiger partial charge in [-0.15, -0.1) is 0 Å². The Morgan fingerprint density at radius 2 is 2.29 bits per heavy atom. The molecule has 1 aliphatic heterocycles. The van der Waals surface area contributed by atoms with E-state index in [-0.39, 0.29) is 11.8 Å². The van der Waals surface area contributed by atoms with Crippen molar-refractivity contribution in [2.75, 3.05) is 25.0 Å². The number of urea groups is 1. The molecule has 1 unspecified atom stereocenters. The second-order valence-corrected chi connectivity index (χ2v) is 5.96. The summed E-state index contributed by atoms with van der Waals surface area (Å²) in [5.74, 6) is 0.143. The van der Waals surface area contributed by atoms with Crippen molar-refractivity contribution in [3.63, 3.8) is 0 Å². The van der Waals surface area contributed by atoms with E-state index in [0.29, 0.717) is 17.6 Å². The molecule has 1 aliphatic rings. The zero-order valence-electron chi connectivity index (χ0n) is 12.7. The van der Waals surface area contributed by atoms with E-state index in [4.69, 9.17) is 0 Å². The first-order valence-electron chi connectivity index (χ1n) is 7.59. The number of anilines is 1. The normalized spacial score (nSPS) is 18.9. The van der Waals surface area contributed by atoms with Crippen LogP contribution in [0.5, 0.6) is 0 Å². The predicted octanol–water partition coefficient (Wildman–Crippen LogP) is 3.07. The molecule has 1 atom stereocenters. The molecule has 0 spiro atoms. The number of hydrogen-bond acceptors (Lipinski definition) is 2. The minimum Gasteiger partial charge on any atom is -0.324 e. The Hall–Kier alpha value is -1.62. The quantitative estimate of drug-likeness (QED) is 0.896. The van der Waals surface area contributed by atoms with Crippen molar-refractivity contribution < 1.29 is 9.18 Å². The molecule has 5 heteroatoms. The molecule has 0 aromatic heterocycles. The van der Waals surface area contributed by atoms with Gasteiger partial charge in [0.25, 0.3) is 0 Å². The first-order valence-corrected chi connectivity index (χ1v) is 7.59. The van der Waals surface area contributed by atoms with Crippen LogP contribution in [0, 0.1) is 11.7 Å². The SMILES string of the molecule is CC(C)NCC1CCCN(C(=O)Nc2cccc(F)c2)C1. The predicted molar refractivity (Wildman–Crippen MR) is 82.9 cm³/mol. The van der Waals surface area contributed by atoms with E-state index >= 15 is 0 Å². The number of likely N-dealkylation sites (tertiary alicyclic amines) is 1. The van der Waals surface area contributed by atoms with E-state index in [1.807, 2.05) is 4.90 Å². The molecule has 2 N–H and O–H groups in total. The van der Waals surface area contributed by atoms with Crippen LogP contribution in [0.25, 0.3) is 0 Å². The highest BCUT2D eigenvalue weighted by Gasteiger charge is 2.23. The van der Waals surface area contributed by atoms with Crippen molar-refractivity contribution >= 4 is 11.7 Å². The molecule has 0 saturated carbocycles. The van der Waals surface area contributed by atoms with Crippen LogP contribution in [-0.2, 0) is 0 Å². The highest BCUT2D eigenvalue weighted by molar-refractivity contribution is 5.89. The van der Waals surface area contributed by atoms with Crippen molar-refractivity contribution in [2.45, 2.75) is 32.7 Å². The minimum absolute atomic E-state index is 0.144. The molecule has 1 saturated heterocycles. The fourth-order valence-corrected chi connectivity index (χ4v) is 2.59. The van der Waals surface area contributed by atoms with Gasteiger partial charge in [0, 0.05) is 24.8 Å². The van der Waals surface area contributed by atoms with Crippen LogP contribution in [0.4, 0.5) is 14.9 Å². The van der Waals surface area contributed by atoms with Crippen molar-refractivity contribution in [3.8, 4) is 0 Å².